The van der Waals surface area contributed by atoms with Gasteiger partial charge in [-0.3, -0.25) is 4.79 Å². The summed E-state index contributed by atoms with van der Waals surface area (Å²) >= 11 is 0. The fourth-order valence-corrected chi connectivity index (χ4v) is 3.88. The van der Waals surface area contributed by atoms with Crippen LogP contribution in [0, 0.1) is 23.4 Å². The van der Waals surface area contributed by atoms with Crippen molar-refractivity contribution in [2.45, 2.75) is 19.3 Å². The van der Waals surface area contributed by atoms with Crippen LogP contribution in [0.4, 0.5) is 13.2 Å². The van der Waals surface area contributed by atoms with Gasteiger partial charge >= 0.3 is 0 Å². The van der Waals surface area contributed by atoms with Crippen LogP contribution in [0.15, 0.2) is 12.1 Å². The first kappa shape index (κ1) is 16.8. The zero-order valence-corrected chi connectivity index (χ0v) is 12.6. The molecule has 1 fully saturated rings. The van der Waals surface area contributed by atoms with Gasteiger partial charge in [-0.05, 0) is 30.9 Å². The average Bonchev–Trinajstić information content (AvgIpc) is 2.39. The Labute approximate surface area is 126 Å². The number of carbonyl (C=O) groups is 1. The SMILES string of the molecule is O=C(NCCS(=O)(=O)CC1CCC1)c1c(F)ccc(F)c1F. The first-order chi connectivity index (χ1) is 10.3. The summed E-state index contributed by atoms with van der Waals surface area (Å²) in [6.45, 7) is -0.275. The molecule has 1 amide bonds. The number of hydrogen-bond donors (Lipinski definition) is 1. The largest absolute Gasteiger partial charge is 0.351 e. The van der Waals surface area contributed by atoms with E-state index >= 15 is 0 Å². The van der Waals surface area contributed by atoms with Gasteiger partial charge in [0.1, 0.15) is 11.4 Å². The van der Waals surface area contributed by atoms with Crippen LogP contribution in [0.25, 0.3) is 0 Å². The number of hydrogen-bond acceptors (Lipinski definition) is 3. The Kier molecular flexibility index (Phi) is 5.10. The minimum absolute atomic E-state index is 0.0611. The predicted molar refractivity (Wildman–Crippen MR) is 74.6 cm³/mol. The highest BCUT2D eigenvalue weighted by Gasteiger charge is 2.25. The second-order valence-corrected chi connectivity index (χ2v) is 7.61. The lowest BCUT2D eigenvalue weighted by Crippen LogP contribution is -2.33. The average molecular weight is 335 g/mol. The van der Waals surface area contributed by atoms with Crippen LogP contribution in [-0.2, 0) is 9.84 Å². The Hall–Kier alpha value is -1.57. The van der Waals surface area contributed by atoms with Gasteiger partial charge in [-0.1, -0.05) is 6.42 Å². The first-order valence-electron chi connectivity index (χ1n) is 6.92. The van der Waals surface area contributed by atoms with Gasteiger partial charge in [-0.15, -0.1) is 0 Å². The molecule has 1 aromatic carbocycles. The van der Waals surface area contributed by atoms with Crippen molar-refractivity contribution >= 4 is 15.7 Å². The van der Waals surface area contributed by atoms with E-state index in [-0.39, 0.29) is 24.0 Å². The van der Waals surface area contributed by atoms with Crippen LogP contribution in [0.2, 0.25) is 0 Å². The van der Waals surface area contributed by atoms with Gasteiger partial charge in [-0.25, -0.2) is 21.6 Å². The van der Waals surface area contributed by atoms with Crippen LogP contribution in [0.1, 0.15) is 29.6 Å². The van der Waals surface area contributed by atoms with Crippen LogP contribution in [-0.4, -0.2) is 32.4 Å². The van der Waals surface area contributed by atoms with E-state index in [0.717, 1.165) is 19.3 Å². The highest BCUT2D eigenvalue weighted by atomic mass is 32.2. The summed E-state index contributed by atoms with van der Waals surface area (Å²) in [7, 11) is -3.32. The number of sulfone groups is 1. The van der Waals surface area contributed by atoms with E-state index in [9.17, 15) is 26.4 Å². The van der Waals surface area contributed by atoms with Crippen LogP contribution in [0.3, 0.4) is 0 Å². The Morgan fingerprint density at radius 1 is 1.18 bits per heavy atom. The molecule has 0 unspecified atom stereocenters. The molecule has 122 valence electrons. The number of halogens is 3. The third-order valence-corrected chi connectivity index (χ3v) is 5.49. The summed E-state index contributed by atoms with van der Waals surface area (Å²) in [5.74, 6) is -5.39. The summed E-state index contributed by atoms with van der Waals surface area (Å²) < 4.78 is 63.4. The van der Waals surface area contributed by atoms with Crippen molar-refractivity contribution < 1.29 is 26.4 Å². The lowest BCUT2D eigenvalue weighted by Gasteiger charge is -2.24. The molecule has 0 radical (unpaired) electrons. The van der Waals surface area contributed by atoms with Crippen LogP contribution < -0.4 is 5.32 Å². The molecule has 0 bridgehead atoms. The van der Waals surface area contributed by atoms with E-state index < -0.39 is 38.8 Å². The Morgan fingerprint density at radius 3 is 2.41 bits per heavy atom. The van der Waals surface area contributed by atoms with E-state index in [1.54, 1.807) is 0 Å². The number of benzene rings is 1. The summed E-state index contributed by atoms with van der Waals surface area (Å²) in [5, 5.41) is 2.11. The zero-order chi connectivity index (χ0) is 16.3. The topological polar surface area (TPSA) is 63.2 Å². The number of amides is 1. The van der Waals surface area contributed by atoms with Crippen molar-refractivity contribution in [3.8, 4) is 0 Å². The summed E-state index contributed by atoms with van der Waals surface area (Å²) in [5.41, 5.74) is -1.05. The Bertz CT molecular complexity index is 672. The van der Waals surface area contributed by atoms with Crippen molar-refractivity contribution in [2.24, 2.45) is 5.92 Å². The minimum Gasteiger partial charge on any atom is -0.351 e. The standard InChI is InChI=1S/C14H16F3NO3S/c15-10-4-5-11(16)13(17)12(10)14(19)18-6-7-22(20,21)8-9-2-1-3-9/h4-5,9H,1-3,6-8H2,(H,18,19). The quantitative estimate of drug-likeness (QED) is 0.809. The second kappa shape index (κ2) is 6.68. The molecule has 8 heteroatoms. The molecule has 0 saturated heterocycles. The molecule has 1 saturated carbocycles. The summed E-state index contributed by atoms with van der Waals surface area (Å²) in [4.78, 5) is 11.7. The van der Waals surface area contributed by atoms with Gasteiger partial charge in [0.05, 0.1) is 11.5 Å². The van der Waals surface area contributed by atoms with E-state index in [1.165, 1.54) is 0 Å². The number of nitrogens with one attached hydrogen (secondary N) is 1. The second-order valence-electron chi connectivity index (χ2n) is 5.39. The van der Waals surface area contributed by atoms with Crippen molar-refractivity contribution in [2.75, 3.05) is 18.1 Å². The number of rotatable bonds is 6. The molecule has 1 aliphatic rings. The van der Waals surface area contributed by atoms with Crippen molar-refractivity contribution in [1.29, 1.82) is 0 Å². The van der Waals surface area contributed by atoms with Crippen molar-refractivity contribution in [1.82, 2.24) is 5.32 Å². The first-order valence-corrected chi connectivity index (χ1v) is 8.74. The van der Waals surface area contributed by atoms with Gasteiger partial charge in [0, 0.05) is 6.54 Å². The van der Waals surface area contributed by atoms with E-state index in [1.807, 2.05) is 0 Å². The minimum atomic E-state index is -3.32. The highest BCUT2D eigenvalue weighted by molar-refractivity contribution is 7.91. The van der Waals surface area contributed by atoms with Crippen molar-refractivity contribution in [3.05, 3.63) is 35.1 Å². The molecule has 22 heavy (non-hydrogen) atoms. The summed E-state index contributed by atoms with van der Waals surface area (Å²) in [6.07, 6.45) is 2.78. The Morgan fingerprint density at radius 2 is 1.82 bits per heavy atom. The van der Waals surface area contributed by atoms with Gasteiger partial charge in [-0.2, -0.15) is 0 Å². The molecule has 0 aliphatic heterocycles. The molecule has 0 atom stereocenters. The lowest BCUT2D eigenvalue weighted by atomic mass is 9.87. The van der Waals surface area contributed by atoms with E-state index in [0.29, 0.717) is 12.1 Å². The molecule has 0 spiro atoms. The molecular weight excluding hydrogens is 319 g/mol. The molecule has 0 heterocycles. The zero-order valence-electron chi connectivity index (χ0n) is 11.7. The normalized spacial score (nSPS) is 15.4. The molecule has 4 nitrogen and oxygen atoms in total. The molecule has 1 aliphatic carbocycles. The molecular formula is C14H16F3NO3S. The van der Waals surface area contributed by atoms with E-state index in [2.05, 4.69) is 5.32 Å². The van der Waals surface area contributed by atoms with E-state index in [4.69, 9.17) is 0 Å². The highest BCUT2D eigenvalue weighted by Crippen LogP contribution is 2.27. The van der Waals surface area contributed by atoms with Crippen molar-refractivity contribution in [3.63, 3.8) is 0 Å². The van der Waals surface area contributed by atoms with Gasteiger partial charge in [0.15, 0.2) is 21.5 Å². The third kappa shape index (κ3) is 4.00. The van der Waals surface area contributed by atoms with Crippen LogP contribution in [0.5, 0.6) is 0 Å². The molecule has 0 aromatic heterocycles. The van der Waals surface area contributed by atoms with Crippen LogP contribution >= 0.6 is 0 Å². The fraction of sp³-hybridized carbons (Fsp3) is 0.500. The lowest BCUT2D eigenvalue weighted by molar-refractivity contribution is 0.0946. The van der Waals surface area contributed by atoms with Gasteiger partial charge < -0.3 is 5.32 Å². The maximum Gasteiger partial charge on any atom is 0.257 e. The maximum atomic E-state index is 13.4. The van der Waals surface area contributed by atoms with Gasteiger partial charge in [0.2, 0.25) is 0 Å². The maximum absolute atomic E-state index is 13.4. The monoisotopic (exact) mass is 335 g/mol. The summed E-state index contributed by atoms with van der Waals surface area (Å²) in [6, 6.07) is 1.21. The Balaban J connectivity index is 1.92. The number of carbonyl (C=O) groups excluding carboxylic acids is 1. The fourth-order valence-electron chi connectivity index (χ4n) is 2.25. The molecule has 2 rings (SSSR count). The smallest absolute Gasteiger partial charge is 0.257 e. The molecule has 1 N–H and O–H groups in total. The molecule has 1 aromatic rings. The predicted octanol–water partition coefficient (Wildman–Crippen LogP) is 2.05. The third-order valence-electron chi connectivity index (χ3n) is 3.68. The van der Waals surface area contributed by atoms with Gasteiger partial charge in [0.25, 0.3) is 5.91 Å².